The molecule has 0 spiro atoms. The number of carbonyl (C=O) groups excluding carboxylic acids is 1. The molecule has 2 heterocycles. The molecular weight excluding hydrogens is 258 g/mol. The number of anilines is 1. The maximum atomic E-state index is 11.8. The van der Waals surface area contributed by atoms with Crippen molar-refractivity contribution in [1.82, 2.24) is 20.4 Å². The zero-order chi connectivity index (χ0) is 14.7. The molecule has 7 heteroatoms. The molecule has 0 bridgehead atoms. The first-order valence-electron chi connectivity index (χ1n) is 6.19. The van der Waals surface area contributed by atoms with Crippen molar-refractivity contribution in [1.29, 1.82) is 0 Å². The highest BCUT2D eigenvalue weighted by Crippen LogP contribution is 2.08. The van der Waals surface area contributed by atoms with Crippen LogP contribution in [0.4, 0.5) is 5.95 Å². The Morgan fingerprint density at radius 1 is 1.25 bits per heavy atom. The monoisotopic (exact) mass is 275 g/mol. The Labute approximate surface area is 117 Å². The number of amides is 1. The summed E-state index contributed by atoms with van der Waals surface area (Å²) in [6, 6.07) is 3.42. The van der Waals surface area contributed by atoms with Crippen molar-refractivity contribution in [3.63, 3.8) is 0 Å². The summed E-state index contributed by atoms with van der Waals surface area (Å²) >= 11 is 0. The molecule has 0 unspecified atom stereocenters. The molecule has 0 saturated carbocycles. The molecule has 1 N–H and O–H groups in total. The first kappa shape index (κ1) is 14.0. The van der Waals surface area contributed by atoms with Crippen molar-refractivity contribution in [3.05, 3.63) is 35.0 Å². The van der Waals surface area contributed by atoms with Gasteiger partial charge in [-0.05, 0) is 19.9 Å². The fraction of sp³-hybridized carbons (Fsp3) is 0.385. The number of aryl methyl sites for hydroxylation is 2. The molecule has 0 saturated heterocycles. The van der Waals surface area contributed by atoms with Crippen molar-refractivity contribution in [2.75, 3.05) is 19.0 Å². The standard InChI is InChI=1S/C13H17N5O2/c1-8-5-10(16-13(15-8)18(3)4)7-14-12(19)11-6-9(2)17-20-11/h5-6H,7H2,1-4H3,(H,14,19). The van der Waals surface area contributed by atoms with Crippen molar-refractivity contribution in [2.45, 2.75) is 20.4 Å². The second kappa shape index (κ2) is 5.68. The quantitative estimate of drug-likeness (QED) is 0.898. The van der Waals surface area contributed by atoms with Gasteiger partial charge in [0.15, 0.2) is 0 Å². The van der Waals surface area contributed by atoms with Crippen molar-refractivity contribution in [3.8, 4) is 0 Å². The van der Waals surface area contributed by atoms with E-state index in [1.54, 1.807) is 13.0 Å². The van der Waals surface area contributed by atoms with Crippen LogP contribution >= 0.6 is 0 Å². The Morgan fingerprint density at radius 3 is 2.60 bits per heavy atom. The first-order chi connectivity index (χ1) is 9.45. The van der Waals surface area contributed by atoms with Crippen LogP contribution < -0.4 is 10.2 Å². The molecule has 0 aliphatic heterocycles. The topological polar surface area (TPSA) is 84.2 Å². The number of hydrogen-bond donors (Lipinski definition) is 1. The maximum Gasteiger partial charge on any atom is 0.290 e. The van der Waals surface area contributed by atoms with E-state index >= 15 is 0 Å². The summed E-state index contributed by atoms with van der Waals surface area (Å²) in [5.74, 6) is 0.499. The third-order valence-electron chi connectivity index (χ3n) is 2.58. The van der Waals surface area contributed by atoms with Gasteiger partial charge >= 0.3 is 0 Å². The zero-order valence-electron chi connectivity index (χ0n) is 12.0. The van der Waals surface area contributed by atoms with Crippen LogP contribution in [0.1, 0.15) is 27.6 Å². The van der Waals surface area contributed by atoms with Gasteiger partial charge in [-0.3, -0.25) is 4.79 Å². The van der Waals surface area contributed by atoms with Gasteiger partial charge in [0.2, 0.25) is 11.7 Å². The summed E-state index contributed by atoms with van der Waals surface area (Å²) in [6.45, 7) is 3.96. The van der Waals surface area contributed by atoms with Crippen LogP contribution in [-0.4, -0.2) is 35.1 Å². The highest BCUT2D eigenvalue weighted by molar-refractivity contribution is 5.91. The average Bonchev–Trinajstić information content (AvgIpc) is 2.82. The first-order valence-corrected chi connectivity index (χ1v) is 6.19. The molecule has 0 aromatic carbocycles. The van der Waals surface area contributed by atoms with Crippen LogP contribution in [0.2, 0.25) is 0 Å². The molecule has 106 valence electrons. The number of aromatic nitrogens is 3. The minimum Gasteiger partial charge on any atom is -0.351 e. The van der Waals surface area contributed by atoms with E-state index in [0.29, 0.717) is 18.2 Å². The van der Waals surface area contributed by atoms with Crippen molar-refractivity contribution >= 4 is 11.9 Å². The summed E-state index contributed by atoms with van der Waals surface area (Å²) in [4.78, 5) is 22.3. The fourth-order valence-electron chi connectivity index (χ4n) is 1.64. The van der Waals surface area contributed by atoms with E-state index in [0.717, 1.165) is 11.4 Å². The second-order valence-electron chi connectivity index (χ2n) is 4.71. The summed E-state index contributed by atoms with van der Waals surface area (Å²) in [5.41, 5.74) is 2.26. The molecule has 0 fully saturated rings. The average molecular weight is 275 g/mol. The van der Waals surface area contributed by atoms with E-state index in [1.165, 1.54) is 0 Å². The predicted molar refractivity (Wildman–Crippen MR) is 73.5 cm³/mol. The van der Waals surface area contributed by atoms with Crippen LogP contribution in [0.25, 0.3) is 0 Å². The lowest BCUT2D eigenvalue weighted by Gasteiger charge is -2.12. The highest BCUT2D eigenvalue weighted by Gasteiger charge is 2.12. The van der Waals surface area contributed by atoms with E-state index < -0.39 is 0 Å². The molecular formula is C13H17N5O2. The lowest BCUT2D eigenvalue weighted by molar-refractivity contribution is 0.0913. The SMILES string of the molecule is Cc1cc(C(=O)NCc2cc(C)nc(N(C)C)n2)on1. The predicted octanol–water partition coefficient (Wildman–Crippen LogP) is 1.08. The van der Waals surface area contributed by atoms with E-state index in [9.17, 15) is 4.79 Å². The third-order valence-corrected chi connectivity index (χ3v) is 2.58. The minimum absolute atomic E-state index is 0.195. The molecule has 7 nitrogen and oxygen atoms in total. The smallest absolute Gasteiger partial charge is 0.290 e. The molecule has 20 heavy (non-hydrogen) atoms. The molecule has 0 atom stereocenters. The van der Waals surface area contributed by atoms with Crippen LogP contribution in [0.3, 0.4) is 0 Å². The molecule has 2 aromatic heterocycles. The molecule has 0 radical (unpaired) electrons. The number of carbonyl (C=O) groups is 1. The zero-order valence-corrected chi connectivity index (χ0v) is 12.0. The van der Waals surface area contributed by atoms with Gasteiger partial charge in [0.05, 0.1) is 17.9 Å². The second-order valence-corrected chi connectivity index (χ2v) is 4.71. The summed E-state index contributed by atoms with van der Waals surface area (Å²) in [6.07, 6.45) is 0. The minimum atomic E-state index is -0.312. The van der Waals surface area contributed by atoms with Gasteiger partial charge in [0, 0.05) is 25.9 Å². The Kier molecular flexibility index (Phi) is 3.97. The van der Waals surface area contributed by atoms with Crippen molar-refractivity contribution < 1.29 is 9.32 Å². The van der Waals surface area contributed by atoms with Gasteiger partial charge in [0.1, 0.15) is 0 Å². The third kappa shape index (κ3) is 3.31. The van der Waals surface area contributed by atoms with E-state index in [1.807, 2.05) is 32.0 Å². The maximum absolute atomic E-state index is 11.8. The molecule has 0 aliphatic rings. The number of nitrogens with zero attached hydrogens (tertiary/aromatic N) is 4. The summed E-state index contributed by atoms with van der Waals surface area (Å²) < 4.78 is 4.90. The van der Waals surface area contributed by atoms with E-state index in [4.69, 9.17) is 4.52 Å². The largest absolute Gasteiger partial charge is 0.351 e. The summed E-state index contributed by atoms with van der Waals surface area (Å²) in [7, 11) is 3.74. The number of hydrogen-bond acceptors (Lipinski definition) is 6. The van der Waals surface area contributed by atoms with Gasteiger partial charge in [-0.1, -0.05) is 5.16 Å². The van der Waals surface area contributed by atoms with Gasteiger partial charge in [-0.2, -0.15) is 0 Å². The van der Waals surface area contributed by atoms with Crippen LogP contribution in [-0.2, 0) is 6.54 Å². The van der Waals surface area contributed by atoms with Gasteiger partial charge in [-0.15, -0.1) is 0 Å². The van der Waals surface area contributed by atoms with E-state index in [-0.39, 0.29) is 11.7 Å². The normalized spacial score (nSPS) is 10.4. The lowest BCUT2D eigenvalue weighted by atomic mass is 10.3. The Bertz CT molecular complexity index is 621. The lowest BCUT2D eigenvalue weighted by Crippen LogP contribution is -2.24. The van der Waals surface area contributed by atoms with E-state index in [2.05, 4.69) is 20.4 Å². The molecule has 1 amide bonds. The fourth-order valence-corrected chi connectivity index (χ4v) is 1.64. The number of rotatable bonds is 4. The van der Waals surface area contributed by atoms with Crippen LogP contribution in [0, 0.1) is 13.8 Å². The van der Waals surface area contributed by atoms with Gasteiger partial charge in [-0.25, -0.2) is 9.97 Å². The van der Waals surface area contributed by atoms with Gasteiger partial charge < -0.3 is 14.7 Å². The van der Waals surface area contributed by atoms with Crippen molar-refractivity contribution in [2.24, 2.45) is 0 Å². The molecule has 2 rings (SSSR count). The summed E-state index contributed by atoms with van der Waals surface area (Å²) in [5, 5.41) is 6.42. The molecule has 2 aromatic rings. The Balaban J connectivity index is 2.05. The van der Waals surface area contributed by atoms with Gasteiger partial charge in [0.25, 0.3) is 5.91 Å². The highest BCUT2D eigenvalue weighted by atomic mass is 16.5. The van der Waals surface area contributed by atoms with Crippen LogP contribution in [0.15, 0.2) is 16.7 Å². The Hall–Kier alpha value is -2.44. The van der Waals surface area contributed by atoms with Crippen LogP contribution in [0.5, 0.6) is 0 Å². The molecule has 0 aliphatic carbocycles. The number of nitrogens with one attached hydrogen (secondary N) is 1. The Morgan fingerprint density at radius 2 is 2.00 bits per heavy atom.